The van der Waals surface area contributed by atoms with Crippen molar-refractivity contribution in [2.45, 2.75) is 31.6 Å². The van der Waals surface area contributed by atoms with Gasteiger partial charge in [-0.05, 0) is 36.8 Å². The third-order valence-corrected chi connectivity index (χ3v) is 5.65. The number of fused-ring (bicyclic) bond motifs is 1. The van der Waals surface area contributed by atoms with E-state index in [0.717, 1.165) is 49.5 Å². The molecule has 27 heavy (non-hydrogen) atoms. The van der Waals surface area contributed by atoms with Crippen molar-refractivity contribution < 1.29 is 14.3 Å². The molecule has 0 bridgehead atoms. The Labute approximate surface area is 159 Å². The molecule has 7 nitrogen and oxygen atoms in total. The number of carbonyl (C=O) groups excluding carboxylic acids is 1. The number of nitrogens with one attached hydrogen (secondary N) is 1. The first kappa shape index (κ1) is 17.8. The average Bonchev–Trinajstić information content (AvgIpc) is 3.34. The van der Waals surface area contributed by atoms with Crippen LogP contribution < -0.4 is 10.1 Å². The quantitative estimate of drug-likeness (QED) is 0.869. The molecule has 3 heterocycles. The minimum atomic E-state index is -0.175. The lowest BCUT2D eigenvalue weighted by Crippen LogP contribution is -2.41. The highest BCUT2D eigenvalue weighted by atomic mass is 16.5. The lowest BCUT2D eigenvalue weighted by atomic mass is 9.89. The number of benzene rings is 1. The Bertz CT molecular complexity index is 808. The number of hydrogen-bond donors (Lipinski definition) is 1. The number of ether oxygens (including phenoxy) is 2. The van der Waals surface area contributed by atoms with E-state index >= 15 is 0 Å². The number of amidine groups is 1. The second-order valence-electron chi connectivity index (χ2n) is 7.30. The van der Waals surface area contributed by atoms with Gasteiger partial charge in [0.1, 0.15) is 11.6 Å². The molecule has 0 aliphatic carbocycles. The van der Waals surface area contributed by atoms with E-state index in [4.69, 9.17) is 19.7 Å². The summed E-state index contributed by atoms with van der Waals surface area (Å²) in [6.07, 6.45) is 3.26. The number of aliphatic imine (C=N–C) groups is 1. The Hall–Kier alpha value is -2.59. The van der Waals surface area contributed by atoms with E-state index in [-0.39, 0.29) is 11.9 Å². The first-order valence-electron chi connectivity index (χ1n) is 9.50. The van der Waals surface area contributed by atoms with Gasteiger partial charge in [-0.3, -0.25) is 5.32 Å². The molecule has 3 aliphatic rings. The fourth-order valence-electron chi connectivity index (χ4n) is 4.13. The summed E-state index contributed by atoms with van der Waals surface area (Å²) in [5.74, 6) is 1.80. The maximum Gasteiger partial charge on any atom is 0.322 e. The number of likely N-dealkylation sites (tertiary alicyclic amines) is 1. The predicted molar refractivity (Wildman–Crippen MR) is 100 cm³/mol. The molecule has 0 aromatic heterocycles. The number of amides is 2. The molecule has 0 radical (unpaired) electrons. The summed E-state index contributed by atoms with van der Waals surface area (Å²) in [5, 5.41) is 12.0. The van der Waals surface area contributed by atoms with Crippen LogP contribution >= 0.6 is 0 Å². The third kappa shape index (κ3) is 3.50. The zero-order valence-electron chi connectivity index (χ0n) is 15.5. The number of hydrogen-bond acceptors (Lipinski definition) is 5. The van der Waals surface area contributed by atoms with Crippen LogP contribution in [0.25, 0.3) is 0 Å². The van der Waals surface area contributed by atoms with Gasteiger partial charge in [-0.1, -0.05) is 6.07 Å². The Kier molecular flexibility index (Phi) is 4.99. The van der Waals surface area contributed by atoms with Crippen molar-refractivity contribution in [3.63, 3.8) is 0 Å². The highest BCUT2D eigenvalue weighted by molar-refractivity contribution is 6.03. The van der Waals surface area contributed by atoms with Crippen molar-refractivity contribution in [1.82, 2.24) is 10.2 Å². The fourth-order valence-corrected chi connectivity index (χ4v) is 4.13. The fraction of sp³-hybridized carbons (Fsp3) is 0.550. The molecule has 0 spiro atoms. The molecule has 1 aromatic carbocycles. The Morgan fingerprint density at radius 3 is 2.89 bits per heavy atom. The third-order valence-electron chi connectivity index (χ3n) is 5.65. The van der Waals surface area contributed by atoms with Crippen LogP contribution in [0.1, 0.15) is 36.3 Å². The van der Waals surface area contributed by atoms with Crippen molar-refractivity contribution in [2.75, 3.05) is 33.4 Å². The van der Waals surface area contributed by atoms with Crippen LogP contribution in [0.2, 0.25) is 0 Å². The normalized spacial score (nSPS) is 22.1. The van der Waals surface area contributed by atoms with Crippen LogP contribution in [0.3, 0.4) is 0 Å². The largest absolute Gasteiger partial charge is 0.496 e. The van der Waals surface area contributed by atoms with Gasteiger partial charge in [0.15, 0.2) is 0 Å². The summed E-state index contributed by atoms with van der Waals surface area (Å²) >= 11 is 0. The number of rotatable bonds is 2. The molecule has 2 fully saturated rings. The van der Waals surface area contributed by atoms with Crippen molar-refractivity contribution in [3.05, 3.63) is 23.3 Å². The molecule has 0 unspecified atom stereocenters. The van der Waals surface area contributed by atoms with Gasteiger partial charge in [-0.25, -0.2) is 9.79 Å². The van der Waals surface area contributed by atoms with Gasteiger partial charge in [0.25, 0.3) is 0 Å². The zero-order chi connectivity index (χ0) is 18.8. The van der Waals surface area contributed by atoms with Crippen LogP contribution in [-0.4, -0.2) is 50.2 Å². The monoisotopic (exact) mass is 368 g/mol. The summed E-state index contributed by atoms with van der Waals surface area (Å²) in [6.45, 7) is 2.64. The standard InChI is InChI=1S/C20H24N4O3/c1-26-17-3-2-15(14-5-8-27-9-6-14)19-16(17)10-18(22-19)23-20(25)24-7-4-13(11-21)12-24/h2-3,13-14H,4-10,12H2,1H3,(H,22,23,25)/t13-/m1/s1. The molecular formula is C20H24N4O3. The van der Waals surface area contributed by atoms with E-state index in [1.165, 1.54) is 5.56 Å². The van der Waals surface area contributed by atoms with E-state index in [1.54, 1.807) is 12.0 Å². The number of nitriles is 1. The van der Waals surface area contributed by atoms with Gasteiger partial charge in [0.05, 0.1) is 24.8 Å². The summed E-state index contributed by atoms with van der Waals surface area (Å²) < 4.78 is 11.0. The van der Waals surface area contributed by atoms with Crippen molar-refractivity contribution in [1.29, 1.82) is 5.26 Å². The van der Waals surface area contributed by atoms with Gasteiger partial charge < -0.3 is 14.4 Å². The molecule has 2 amide bonds. The molecule has 1 aromatic rings. The highest BCUT2D eigenvalue weighted by Crippen LogP contribution is 2.42. The minimum Gasteiger partial charge on any atom is -0.496 e. The second-order valence-corrected chi connectivity index (χ2v) is 7.30. The minimum absolute atomic E-state index is 0.0707. The molecule has 7 heteroatoms. The van der Waals surface area contributed by atoms with E-state index < -0.39 is 0 Å². The van der Waals surface area contributed by atoms with Crippen LogP contribution in [0.4, 0.5) is 10.5 Å². The molecular weight excluding hydrogens is 344 g/mol. The van der Waals surface area contributed by atoms with Crippen molar-refractivity contribution in [3.8, 4) is 11.8 Å². The second kappa shape index (κ2) is 7.57. The molecule has 1 N–H and O–H groups in total. The number of carbonyl (C=O) groups is 1. The summed E-state index contributed by atoms with van der Waals surface area (Å²) in [5.41, 5.74) is 3.19. The first-order chi connectivity index (χ1) is 13.2. The maximum atomic E-state index is 12.5. The molecule has 2 saturated heterocycles. The molecule has 142 valence electrons. The van der Waals surface area contributed by atoms with Gasteiger partial charge in [0, 0.05) is 38.3 Å². The zero-order valence-corrected chi connectivity index (χ0v) is 15.5. The average molecular weight is 368 g/mol. The highest BCUT2D eigenvalue weighted by Gasteiger charge is 2.30. The Morgan fingerprint density at radius 1 is 1.37 bits per heavy atom. The molecule has 0 saturated carbocycles. The van der Waals surface area contributed by atoms with Crippen molar-refractivity contribution >= 4 is 17.6 Å². The Balaban J connectivity index is 1.53. The SMILES string of the molecule is COc1ccc(C2CCOCC2)c2c1CC(NC(=O)N1CC[C@H](C#N)C1)=N2. The summed E-state index contributed by atoms with van der Waals surface area (Å²) in [6, 6.07) is 6.16. The topological polar surface area (TPSA) is 87.0 Å². The number of urea groups is 1. The summed E-state index contributed by atoms with van der Waals surface area (Å²) in [7, 11) is 1.66. The number of nitrogens with zero attached hydrogens (tertiary/aromatic N) is 3. The Morgan fingerprint density at radius 2 is 2.19 bits per heavy atom. The van der Waals surface area contributed by atoms with Gasteiger partial charge in [-0.15, -0.1) is 0 Å². The van der Waals surface area contributed by atoms with Gasteiger partial charge in [-0.2, -0.15) is 5.26 Å². The maximum absolute atomic E-state index is 12.5. The van der Waals surface area contributed by atoms with E-state index in [1.807, 2.05) is 6.07 Å². The number of methoxy groups -OCH3 is 1. The lowest BCUT2D eigenvalue weighted by molar-refractivity contribution is 0.0854. The van der Waals surface area contributed by atoms with Crippen molar-refractivity contribution in [2.24, 2.45) is 10.9 Å². The van der Waals surface area contributed by atoms with Crippen LogP contribution in [0.15, 0.2) is 17.1 Å². The van der Waals surface area contributed by atoms with E-state index in [2.05, 4.69) is 17.5 Å². The van der Waals surface area contributed by atoms with E-state index in [0.29, 0.717) is 31.3 Å². The lowest BCUT2D eigenvalue weighted by Gasteiger charge is -2.24. The molecule has 4 rings (SSSR count). The van der Waals surface area contributed by atoms with Crippen LogP contribution in [0.5, 0.6) is 5.75 Å². The van der Waals surface area contributed by atoms with Crippen LogP contribution in [-0.2, 0) is 11.2 Å². The van der Waals surface area contributed by atoms with E-state index in [9.17, 15) is 4.79 Å². The predicted octanol–water partition coefficient (Wildman–Crippen LogP) is 2.73. The summed E-state index contributed by atoms with van der Waals surface area (Å²) in [4.78, 5) is 19.0. The molecule has 1 atom stereocenters. The van der Waals surface area contributed by atoms with Gasteiger partial charge >= 0.3 is 6.03 Å². The smallest absolute Gasteiger partial charge is 0.322 e. The van der Waals surface area contributed by atoms with Crippen LogP contribution in [0, 0.1) is 17.2 Å². The molecule has 3 aliphatic heterocycles. The first-order valence-corrected chi connectivity index (χ1v) is 9.50. The van der Waals surface area contributed by atoms with Gasteiger partial charge in [0.2, 0.25) is 0 Å².